The Hall–Kier alpha value is -2.20. The molecular formula is C17H20FN3. The lowest BCUT2D eigenvalue weighted by Crippen LogP contribution is -2.28. The van der Waals surface area contributed by atoms with E-state index in [4.69, 9.17) is 11.1 Å². The van der Waals surface area contributed by atoms with Crippen molar-refractivity contribution in [1.29, 1.82) is 5.41 Å². The predicted octanol–water partition coefficient (Wildman–Crippen LogP) is 3.32. The molecule has 0 aliphatic carbocycles. The zero-order valence-corrected chi connectivity index (χ0v) is 12.1. The van der Waals surface area contributed by atoms with E-state index in [0.717, 1.165) is 11.1 Å². The fourth-order valence-electron chi connectivity index (χ4n) is 2.45. The van der Waals surface area contributed by atoms with Gasteiger partial charge in [-0.25, -0.2) is 4.39 Å². The van der Waals surface area contributed by atoms with Gasteiger partial charge in [0, 0.05) is 19.0 Å². The molecule has 0 amide bonds. The predicted molar refractivity (Wildman–Crippen MR) is 83.6 cm³/mol. The van der Waals surface area contributed by atoms with Crippen LogP contribution in [0.3, 0.4) is 0 Å². The van der Waals surface area contributed by atoms with Crippen LogP contribution in [0, 0.1) is 11.2 Å². The molecule has 0 fully saturated rings. The van der Waals surface area contributed by atoms with Crippen molar-refractivity contribution < 1.29 is 4.39 Å². The molecule has 1 unspecified atom stereocenters. The van der Waals surface area contributed by atoms with Gasteiger partial charge in [0.1, 0.15) is 5.82 Å². The maximum Gasteiger partial charge on any atom is 0.123 e. The Bertz CT molecular complexity index is 598. The van der Waals surface area contributed by atoms with E-state index in [2.05, 4.69) is 4.90 Å². The third-order valence-corrected chi connectivity index (χ3v) is 3.45. The third kappa shape index (κ3) is 4.39. The Labute approximate surface area is 124 Å². The number of hydrogen-bond donors (Lipinski definition) is 2. The van der Waals surface area contributed by atoms with Crippen molar-refractivity contribution in [2.45, 2.75) is 19.0 Å². The fourth-order valence-corrected chi connectivity index (χ4v) is 2.45. The lowest BCUT2D eigenvalue weighted by atomic mass is 10.0. The van der Waals surface area contributed by atoms with E-state index >= 15 is 0 Å². The second-order valence-electron chi connectivity index (χ2n) is 5.20. The minimum Gasteiger partial charge on any atom is -0.388 e. The summed E-state index contributed by atoms with van der Waals surface area (Å²) in [7, 11) is 1.96. The summed E-state index contributed by atoms with van der Waals surface area (Å²) in [6, 6.07) is 16.5. The van der Waals surface area contributed by atoms with Crippen molar-refractivity contribution in [3.05, 3.63) is 71.5 Å². The highest BCUT2D eigenvalue weighted by atomic mass is 19.1. The SMILES string of the molecule is CN(Cc1cccc(F)c1)C(CC(=N)N)c1ccccc1. The number of nitrogens with zero attached hydrogens (tertiary/aromatic N) is 1. The monoisotopic (exact) mass is 285 g/mol. The summed E-state index contributed by atoms with van der Waals surface area (Å²) in [5.74, 6) is -0.0846. The molecule has 0 bridgehead atoms. The van der Waals surface area contributed by atoms with Crippen LogP contribution in [0.5, 0.6) is 0 Å². The number of halogens is 1. The van der Waals surface area contributed by atoms with Crippen LogP contribution in [0.25, 0.3) is 0 Å². The summed E-state index contributed by atoms with van der Waals surface area (Å²) in [6.45, 7) is 0.602. The molecule has 0 radical (unpaired) electrons. The quantitative estimate of drug-likeness (QED) is 0.632. The minimum atomic E-state index is -0.233. The summed E-state index contributed by atoms with van der Waals surface area (Å²) < 4.78 is 13.3. The second kappa shape index (κ2) is 6.99. The standard InChI is InChI=1S/C17H20FN3/c1-21(12-13-6-5-9-15(18)10-13)16(11-17(19)20)14-7-3-2-4-8-14/h2-10,16H,11-12H2,1H3,(H3,19,20). The molecule has 3 nitrogen and oxygen atoms in total. The normalized spacial score (nSPS) is 12.3. The summed E-state index contributed by atoms with van der Waals surface area (Å²) in [5, 5.41) is 7.57. The van der Waals surface area contributed by atoms with Crippen LogP contribution in [0.1, 0.15) is 23.6 Å². The molecule has 2 aromatic carbocycles. The number of benzene rings is 2. The minimum absolute atomic E-state index is 0.00645. The lowest BCUT2D eigenvalue weighted by molar-refractivity contribution is 0.241. The highest BCUT2D eigenvalue weighted by Crippen LogP contribution is 2.24. The molecule has 110 valence electrons. The summed E-state index contributed by atoms with van der Waals surface area (Å²) in [5.41, 5.74) is 7.59. The number of nitrogens with one attached hydrogen (secondary N) is 1. The molecule has 1 atom stereocenters. The fraction of sp³-hybridized carbons (Fsp3) is 0.235. The first-order chi connectivity index (χ1) is 10.1. The van der Waals surface area contributed by atoms with Crippen LogP contribution in [0.4, 0.5) is 4.39 Å². The lowest BCUT2D eigenvalue weighted by Gasteiger charge is -2.28. The van der Waals surface area contributed by atoms with Crippen LogP contribution in [-0.2, 0) is 6.54 Å². The van der Waals surface area contributed by atoms with Gasteiger partial charge >= 0.3 is 0 Å². The Balaban J connectivity index is 2.18. The highest BCUT2D eigenvalue weighted by Gasteiger charge is 2.18. The molecule has 0 saturated carbocycles. The van der Waals surface area contributed by atoms with Crippen molar-refractivity contribution in [2.75, 3.05) is 7.05 Å². The van der Waals surface area contributed by atoms with Crippen molar-refractivity contribution >= 4 is 5.84 Å². The first-order valence-corrected chi connectivity index (χ1v) is 6.89. The van der Waals surface area contributed by atoms with Gasteiger partial charge in [-0.3, -0.25) is 10.3 Å². The summed E-state index contributed by atoms with van der Waals surface area (Å²) in [6.07, 6.45) is 0.454. The van der Waals surface area contributed by atoms with Crippen molar-refractivity contribution in [1.82, 2.24) is 4.90 Å². The van der Waals surface area contributed by atoms with Gasteiger partial charge in [0.25, 0.3) is 0 Å². The largest absolute Gasteiger partial charge is 0.388 e. The molecule has 0 spiro atoms. The van der Waals surface area contributed by atoms with Gasteiger partial charge < -0.3 is 5.73 Å². The first-order valence-electron chi connectivity index (χ1n) is 6.89. The third-order valence-electron chi connectivity index (χ3n) is 3.45. The molecule has 4 heteroatoms. The Morgan fingerprint density at radius 2 is 1.90 bits per heavy atom. The van der Waals surface area contributed by atoms with Gasteiger partial charge in [-0.2, -0.15) is 0 Å². The number of amidine groups is 1. The van der Waals surface area contributed by atoms with Crippen molar-refractivity contribution in [2.24, 2.45) is 5.73 Å². The number of rotatable bonds is 6. The molecule has 2 aromatic rings. The van der Waals surface area contributed by atoms with Crippen LogP contribution in [0.2, 0.25) is 0 Å². The van der Waals surface area contributed by atoms with E-state index in [-0.39, 0.29) is 17.7 Å². The van der Waals surface area contributed by atoms with E-state index in [0.29, 0.717) is 13.0 Å². The van der Waals surface area contributed by atoms with Crippen LogP contribution >= 0.6 is 0 Å². The highest BCUT2D eigenvalue weighted by molar-refractivity contribution is 5.77. The molecule has 0 aliphatic heterocycles. The van der Waals surface area contributed by atoms with Crippen LogP contribution in [0.15, 0.2) is 54.6 Å². The van der Waals surface area contributed by atoms with Crippen molar-refractivity contribution in [3.63, 3.8) is 0 Å². The molecule has 0 saturated heterocycles. The van der Waals surface area contributed by atoms with Gasteiger partial charge in [0.05, 0.1) is 5.84 Å². The zero-order valence-electron chi connectivity index (χ0n) is 12.1. The van der Waals surface area contributed by atoms with E-state index in [1.807, 2.05) is 43.4 Å². The maximum atomic E-state index is 13.3. The van der Waals surface area contributed by atoms with E-state index in [1.165, 1.54) is 12.1 Å². The maximum absolute atomic E-state index is 13.3. The molecule has 21 heavy (non-hydrogen) atoms. The molecule has 2 rings (SSSR count). The zero-order chi connectivity index (χ0) is 15.2. The van der Waals surface area contributed by atoms with Crippen molar-refractivity contribution in [3.8, 4) is 0 Å². The smallest absolute Gasteiger partial charge is 0.123 e. The van der Waals surface area contributed by atoms with E-state index < -0.39 is 0 Å². The Morgan fingerprint density at radius 1 is 1.19 bits per heavy atom. The van der Waals surface area contributed by atoms with Gasteiger partial charge in [0.2, 0.25) is 0 Å². The topological polar surface area (TPSA) is 53.1 Å². The second-order valence-corrected chi connectivity index (χ2v) is 5.20. The molecule has 3 N–H and O–H groups in total. The van der Waals surface area contributed by atoms with Gasteiger partial charge in [-0.05, 0) is 30.3 Å². The number of nitrogens with two attached hydrogens (primary N) is 1. The van der Waals surface area contributed by atoms with Gasteiger partial charge in [-0.1, -0.05) is 42.5 Å². The van der Waals surface area contributed by atoms with Gasteiger partial charge in [-0.15, -0.1) is 0 Å². The van der Waals surface area contributed by atoms with Crippen LogP contribution in [-0.4, -0.2) is 17.8 Å². The molecule has 0 aromatic heterocycles. The average molecular weight is 285 g/mol. The molecular weight excluding hydrogens is 265 g/mol. The van der Waals surface area contributed by atoms with E-state index in [1.54, 1.807) is 6.07 Å². The number of hydrogen-bond acceptors (Lipinski definition) is 2. The Kier molecular flexibility index (Phi) is 5.06. The summed E-state index contributed by atoms with van der Waals surface area (Å²) in [4.78, 5) is 2.09. The van der Waals surface area contributed by atoms with E-state index in [9.17, 15) is 4.39 Å². The average Bonchev–Trinajstić information content (AvgIpc) is 2.45. The van der Waals surface area contributed by atoms with Crippen LogP contribution < -0.4 is 5.73 Å². The molecule has 0 heterocycles. The first kappa shape index (κ1) is 15.2. The summed E-state index contributed by atoms with van der Waals surface area (Å²) >= 11 is 0. The molecule has 0 aliphatic rings. The van der Waals surface area contributed by atoms with Gasteiger partial charge in [0.15, 0.2) is 0 Å². The Morgan fingerprint density at radius 3 is 2.52 bits per heavy atom.